The SMILES string of the molecule is Cc1cc(N(C(=O)OC(C(=O)Nc2cc(NS(=O)(=O)c3ccc(OS(C)(=O)=O)c(NS(C)(=O)=O)c3)ccc2Cl)C(=O)C(C)(C)C)C2CCCC2)ccc1/C=C(\C#N)c1nc2cc(C(C)(C)CC(C)(C)C)ccc2o1. The molecule has 4 aromatic carbocycles. The molecule has 396 valence electrons. The lowest BCUT2D eigenvalue weighted by atomic mass is 9.72. The highest BCUT2D eigenvalue weighted by molar-refractivity contribution is 7.93. The first kappa shape index (κ1) is 56.8. The quantitative estimate of drug-likeness (QED) is 0.0444. The lowest BCUT2D eigenvalue weighted by Crippen LogP contribution is -2.48. The van der Waals surface area contributed by atoms with Crippen molar-refractivity contribution < 1.29 is 53.0 Å². The van der Waals surface area contributed by atoms with E-state index in [1.54, 1.807) is 45.0 Å². The van der Waals surface area contributed by atoms with Crippen molar-refractivity contribution >= 4 is 105 Å². The second-order valence-corrected chi connectivity index (χ2v) is 26.7. The molecule has 74 heavy (non-hydrogen) atoms. The molecule has 3 N–H and O–H groups in total. The number of halogens is 1. The number of nitrogens with one attached hydrogen (secondary N) is 3. The van der Waals surface area contributed by atoms with Gasteiger partial charge in [0, 0.05) is 17.1 Å². The predicted octanol–water partition coefficient (Wildman–Crippen LogP) is 10.6. The van der Waals surface area contributed by atoms with Gasteiger partial charge in [-0.1, -0.05) is 92.0 Å². The highest BCUT2D eigenvalue weighted by Crippen LogP contribution is 2.39. The smallest absolute Gasteiger partial charge is 0.415 e. The number of carbonyl (C=O) groups excluding carboxylic acids is 3. The van der Waals surface area contributed by atoms with Crippen molar-refractivity contribution in [3.63, 3.8) is 0 Å². The van der Waals surface area contributed by atoms with Crippen LogP contribution in [0.5, 0.6) is 5.75 Å². The van der Waals surface area contributed by atoms with Crippen molar-refractivity contribution in [2.45, 2.75) is 117 Å². The van der Waals surface area contributed by atoms with Crippen molar-refractivity contribution in [2.75, 3.05) is 32.2 Å². The summed E-state index contributed by atoms with van der Waals surface area (Å²) in [4.78, 5) is 48.3. The Balaban J connectivity index is 1.26. The Morgan fingerprint density at radius 1 is 0.878 bits per heavy atom. The summed E-state index contributed by atoms with van der Waals surface area (Å²) in [6, 6.07) is 19.4. The third kappa shape index (κ3) is 14.4. The molecular formula is C52H61ClN6O12S3. The van der Waals surface area contributed by atoms with Crippen LogP contribution in [0.4, 0.5) is 27.5 Å². The van der Waals surface area contributed by atoms with Crippen molar-refractivity contribution in [1.29, 1.82) is 5.26 Å². The minimum atomic E-state index is -4.56. The van der Waals surface area contributed by atoms with Crippen LogP contribution in [0.25, 0.3) is 22.7 Å². The molecule has 22 heteroatoms. The van der Waals surface area contributed by atoms with E-state index in [9.17, 15) is 44.9 Å². The number of aromatic nitrogens is 1. The number of Topliss-reactive ketones (excluding diaryl/α,β-unsaturated/α-hetero) is 1. The minimum Gasteiger partial charge on any atom is -0.435 e. The van der Waals surface area contributed by atoms with E-state index >= 15 is 0 Å². The normalized spacial score (nSPS) is 14.5. The summed E-state index contributed by atoms with van der Waals surface area (Å²) < 4.78 is 96.1. The summed E-state index contributed by atoms with van der Waals surface area (Å²) in [6.45, 7) is 17.5. The highest BCUT2D eigenvalue weighted by atomic mass is 35.5. The molecule has 18 nitrogen and oxygen atoms in total. The summed E-state index contributed by atoms with van der Waals surface area (Å²) in [7, 11) is -12.8. The number of carbonyl (C=O) groups is 3. The minimum absolute atomic E-state index is 0.0888. The van der Waals surface area contributed by atoms with Gasteiger partial charge in [0.2, 0.25) is 22.0 Å². The average Bonchev–Trinajstić information content (AvgIpc) is 3.95. The summed E-state index contributed by atoms with van der Waals surface area (Å²) in [5.41, 5.74) is 2.13. The standard InChI is InChI=1S/C52H61ClN6O12S3/c1-31-24-37(19-16-32(31)25-33(29-54)48-56-41-26-34(17-22-43(41)69-48)52(8,9)30-50(2,3)4)59(36-14-12-13-15-36)49(62)70-45(46(60)51(5,6)7)47(61)55-40-27-35(18-21-39(40)53)57-74(67,68)38-20-23-44(71-73(11,65)66)42(28-38)58-72(10,63)64/h16-28,36,45,57-58H,12-15,30H2,1-11H3,(H,55,61)/b33-25+. The first-order valence-corrected chi connectivity index (χ1v) is 29.0. The number of oxazole rings is 1. The Morgan fingerprint density at radius 2 is 1.55 bits per heavy atom. The maximum Gasteiger partial charge on any atom is 0.415 e. The summed E-state index contributed by atoms with van der Waals surface area (Å²) in [6.07, 6.45) is 3.93. The van der Waals surface area contributed by atoms with E-state index in [1.165, 1.54) is 17.0 Å². The third-order valence-corrected chi connectivity index (χ3v) is 14.7. The average molecular weight is 1090 g/mol. The third-order valence-electron chi connectivity index (χ3n) is 11.9. The number of hydrogen-bond acceptors (Lipinski definition) is 14. The van der Waals surface area contributed by atoms with Crippen LogP contribution < -0.4 is 23.8 Å². The molecule has 0 saturated heterocycles. The van der Waals surface area contributed by atoms with Crippen molar-refractivity contribution in [3.8, 4) is 11.8 Å². The Kier molecular flexibility index (Phi) is 16.4. The molecular weight excluding hydrogens is 1030 g/mol. The van der Waals surface area contributed by atoms with E-state index in [0.29, 0.717) is 40.8 Å². The van der Waals surface area contributed by atoms with Gasteiger partial charge in [0.1, 0.15) is 17.2 Å². The van der Waals surface area contributed by atoms with E-state index in [2.05, 4.69) is 50.7 Å². The lowest BCUT2D eigenvalue weighted by Gasteiger charge is -2.32. The number of anilines is 4. The fourth-order valence-electron chi connectivity index (χ4n) is 8.85. The maximum atomic E-state index is 14.5. The van der Waals surface area contributed by atoms with E-state index in [0.717, 1.165) is 61.6 Å². The molecule has 0 bridgehead atoms. The predicted molar refractivity (Wildman–Crippen MR) is 287 cm³/mol. The van der Waals surface area contributed by atoms with Crippen LogP contribution in [-0.2, 0) is 49.9 Å². The van der Waals surface area contributed by atoms with Crippen molar-refractivity contribution in [2.24, 2.45) is 10.8 Å². The Morgan fingerprint density at radius 3 is 2.15 bits per heavy atom. The lowest BCUT2D eigenvalue weighted by molar-refractivity contribution is -0.142. The molecule has 2 amide bonds. The van der Waals surface area contributed by atoms with Crippen LogP contribution in [0.3, 0.4) is 0 Å². The molecule has 1 aromatic heterocycles. The number of ether oxygens (including phenoxy) is 1. The van der Waals surface area contributed by atoms with Gasteiger partial charge in [-0.2, -0.15) is 13.7 Å². The molecule has 0 radical (unpaired) electrons. The highest BCUT2D eigenvalue weighted by Gasteiger charge is 2.41. The van der Waals surface area contributed by atoms with Gasteiger partial charge >= 0.3 is 16.2 Å². The molecule has 0 spiro atoms. The number of amides is 2. The van der Waals surface area contributed by atoms with Gasteiger partial charge in [-0.05, 0) is 120 Å². The first-order valence-electron chi connectivity index (χ1n) is 23.5. The molecule has 1 unspecified atom stereocenters. The zero-order chi connectivity index (χ0) is 54.9. The zero-order valence-electron chi connectivity index (χ0n) is 43.0. The second kappa shape index (κ2) is 21.4. The van der Waals surface area contributed by atoms with Crippen LogP contribution in [0.1, 0.15) is 110 Å². The molecule has 1 heterocycles. The van der Waals surface area contributed by atoms with Gasteiger partial charge in [0.05, 0.1) is 39.5 Å². The fraction of sp³-hybridized carbons (Fsp3) is 0.404. The number of fused-ring (bicyclic) bond motifs is 1. The Hall–Kier alpha value is -6.47. The molecule has 0 aliphatic heterocycles. The van der Waals surface area contributed by atoms with Crippen LogP contribution in [-0.4, -0.2) is 72.7 Å². The van der Waals surface area contributed by atoms with Gasteiger partial charge in [-0.3, -0.25) is 23.9 Å². The number of benzene rings is 4. The molecule has 1 aliphatic carbocycles. The molecule has 1 fully saturated rings. The molecule has 1 aliphatic rings. The van der Waals surface area contributed by atoms with Crippen LogP contribution in [0.2, 0.25) is 5.02 Å². The first-order chi connectivity index (χ1) is 34.1. The number of nitrogens with zero attached hydrogens (tertiary/aromatic N) is 3. The monoisotopic (exact) mass is 1090 g/mol. The van der Waals surface area contributed by atoms with Gasteiger partial charge in [0.25, 0.3) is 15.9 Å². The zero-order valence-corrected chi connectivity index (χ0v) is 46.2. The molecule has 1 saturated carbocycles. The number of nitriles is 1. The number of rotatable bonds is 17. The van der Waals surface area contributed by atoms with Gasteiger partial charge in [-0.15, -0.1) is 0 Å². The van der Waals surface area contributed by atoms with Crippen LogP contribution in [0, 0.1) is 29.1 Å². The van der Waals surface area contributed by atoms with E-state index in [4.69, 9.17) is 29.9 Å². The van der Waals surface area contributed by atoms with Crippen LogP contribution >= 0.6 is 11.6 Å². The van der Waals surface area contributed by atoms with Crippen molar-refractivity contribution in [1.82, 2.24) is 4.98 Å². The fourth-order valence-corrected chi connectivity index (χ4v) is 11.1. The van der Waals surface area contributed by atoms with Gasteiger partial charge in [0.15, 0.2) is 17.1 Å². The number of aryl methyl sites for hydroxylation is 1. The summed E-state index contributed by atoms with van der Waals surface area (Å²) in [5, 5.41) is 12.7. The van der Waals surface area contributed by atoms with Crippen molar-refractivity contribution in [3.05, 3.63) is 100 Å². The summed E-state index contributed by atoms with van der Waals surface area (Å²) in [5.74, 6) is -2.18. The topological polar surface area (TPSA) is 261 Å². The number of hydrogen-bond donors (Lipinski definition) is 3. The molecule has 1 atom stereocenters. The second-order valence-electron chi connectivity index (χ2n) is 21.3. The van der Waals surface area contributed by atoms with E-state index in [-0.39, 0.29) is 44.7 Å². The van der Waals surface area contributed by atoms with E-state index < -0.39 is 75.8 Å². The molecule has 5 aromatic rings. The van der Waals surface area contributed by atoms with Crippen LogP contribution in [0.15, 0.2) is 82.1 Å². The van der Waals surface area contributed by atoms with E-state index in [1.807, 2.05) is 29.8 Å². The summed E-state index contributed by atoms with van der Waals surface area (Å²) >= 11 is 6.49. The Bertz CT molecular complexity index is 3440. The Labute approximate surface area is 438 Å². The number of allylic oxidation sites excluding steroid dienone is 1. The number of ketones is 1. The largest absolute Gasteiger partial charge is 0.435 e. The van der Waals surface area contributed by atoms with Gasteiger partial charge in [-0.25, -0.2) is 26.6 Å². The maximum absolute atomic E-state index is 14.5. The van der Waals surface area contributed by atoms with Gasteiger partial charge < -0.3 is 18.7 Å². The molecule has 6 rings (SSSR count). The number of sulfonamides is 2.